The number of nitrogens with two attached hydrogens (primary N) is 1. The van der Waals surface area contributed by atoms with E-state index < -0.39 is 0 Å². The maximum Gasteiger partial charge on any atom is 0.0694 e. The highest BCUT2D eigenvalue weighted by atomic mass is 35.5. The summed E-state index contributed by atoms with van der Waals surface area (Å²) in [4.78, 5) is 0. The van der Waals surface area contributed by atoms with Gasteiger partial charge in [0.15, 0.2) is 0 Å². The number of rotatable bonds is 2. The van der Waals surface area contributed by atoms with E-state index in [9.17, 15) is 0 Å². The minimum atomic E-state index is 0.610. The zero-order valence-electron chi connectivity index (χ0n) is 8.44. The Kier molecular flexibility index (Phi) is 2.64. The molecular weight excluding hydrogens is 210 g/mol. The van der Waals surface area contributed by atoms with Crippen LogP contribution < -0.4 is 5.73 Å². The second-order valence-electron chi connectivity index (χ2n) is 3.52. The Morgan fingerprint density at radius 3 is 2.87 bits per heavy atom. The normalized spacial score (nSPS) is 10.5. The lowest BCUT2D eigenvalue weighted by Gasteiger charge is -2.07. The predicted molar refractivity (Wildman–Crippen MR) is 61.9 cm³/mol. The molecule has 0 aliphatic rings. The Morgan fingerprint density at radius 2 is 2.27 bits per heavy atom. The van der Waals surface area contributed by atoms with Crippen LogP contribution in [0.25, 0.3) is 0 Å². The molecule has 1 aromatic carbocycles. The number of hydrogen-bond donors (Lipinski definition) is 1. The minimum Gasteiger partial charge on any atom is -0.398 e. The largest absolute Gasteiger partial charge is 0.398 e. The molecular formula is C11H12ClN3. The predicted octanol–water partition coefficient (Wildman–Crippen LogP) is 2.48. The van der Waals surface area contributed by atoms with E-state index in [0.717, 1.165) is 11.1 Å². The van der Waals surface area contributed by atoms with Crippen molar-refractivity contribution in [1.82, 2.24) is 9.78 Å². The third-order valence-electron chi connectivity index (χ3n) is 2.24. The fourth-order valence-corrected chi connectivity index (χ4v) is 1.70. The summed E-state index contributed by atoms with van der Waals surface area (Å²) < 4.78 is 1.83. The Morgan fingerprint density at radius 1 is 1.47 bits per heavy atom. The smallest absolute Gasteiger partial charge is 0.0694 e. The summed E-state index contributed by atoms with van der Waals surface area (Å²) in [6.07, 6.45) is 3.77. The first-order chi connectivity index (χ1) is 7.16. The first-order valence-electron chi connectivity index (χ1n) is 4.69. The fourth-order valence-electron chi connectivity index (χ4n) is 1.46. The standard InChI is InChI=1S/C11H12ClN3/c1-8-5-14-15(6-8)7-9-10(12)3-2-4-11(9)13/h2-6H,7,13H2,1H3. The van der Waals surface area contributed by atoms with E-state index in [-0.39, 0.29) is 0 Å². The van der Waals surface area contributed by atoms with Crippen LogP contribution in [-0.4, -0.2) is 9.78 Å². The van der Waals surface area contributed by atoms with Gasteiger partial charge in [-0.25, -0.2) is 0 Å². The Hall–Kier alpha value is -1.48. The number of nitrogens with zero attached hydrogens (tertiary/aromatic N) is 2. The van der Waals surface area contributed by atoms with Crippen molar-refractivity contribution in [2.75, 3.05) is 5.73 Å². The van der Waals surface area contributed by atoms with Crippen LogP contribution >= 0.6 is 11.6 Å². The van der Waals surface area contributed by atoms with Crippen LogP contribution in [-0.2, 0) is 6.54 Å². The summed E-state index contributed by atoms with van der Waals surface area (Å²) in [6, 6.07) is 5.52. The van der Waals surface area contributed by atoms with E-state index in [0.29, 0.717) is 17.3 Å². The summed E-state index contributed by atoms with van der Waals surface area (Å²) in [5.41, 5.74) is 8.60. The van der Waals surface area contributed by atoms with Gasteiger partial charge >= 0.3 is 0 Å². The molecule has 2 N–H and O–H groups in total. The number of nitrogen functional groups attached to an aromatic ring is 1. The molecule has 0 fully saturated rings. The summed E-state index contributed by atoms with van der Waals surface area (Å²) in [5, 5.41) is 4.88. The quantitative estimate of drug-likeness (QED) is 0.792. The molecule has 0 radical (unpaired) electrons. The van der Waals surface area contributed by atoms with E-state index in [1.54, 1.807) is 0 Å². The maximum atomic E-state index is 6.07. The Labute approximate surface area is 93.5 Å². The van der Waals surface area contributed by atoms with Crippen molar-refractivity contribution in [3.63, 3.8) is 0 Å². The fraction of sp³-hybridized carbons (Fsp3) is 0.182. The molecule has 0 bridgehead atoms. The molecule has 0 spiro atoms. The van der Waals surface area contributed by atoms with Crippen molar-refractivity contribution in [3.05, 3.63) is 46.7 Å². The molecule has 0 amide bonds. The molecule has 1 heterocycles. The second-order valence-corrected chi connectivity index (χ2v) is 3.93. The molecule has 2 rings (SSSR count). The van der Waals surface area contributed by atoms with Gasteiger partial charge in [-0.3, -0.25) is 4.68 Å². The first kappa shape index (κ1) is 10.1. The van der Waals surface area contributed by atoms with Crippen molar-refractivity contribution < 1.29 is 0 Å². The topological polar surface area (TPSA) is 43.8 Å². The van der Waals surface area contributed by atoms with Crippen molar-refractivity contribution in [2.24, 2.45) is 0 Å². The van der Waals surface area contributed by atoms with E-state index in [1.807, 2.05) is 42.2 Å². The molecule has 0 aliphatic heterocycles. The van der Waals surface area contributed by atoms with Gasteiger partial charge in [0, 0.05) is 22.5 Å². The molecule has 78 valence electrons. The van der Waals surface area contributed by atoms with Crippen molar-refractivity contribution in [2.45, 2.75) is 13.5 Å². The number of anilines is 1. The average molecular weight is 222 g/mol. The lowest BCUT2D eigenvalue weighted by atomic mass is 10.2. The zero-order chi connectivity index (χ0) is 10.8. The van der Waals surface area contributed by atoms with Gasteiger partial charge in [-0.1, -0.05) is 17.7 Å². The van der Waals surface area contributed by atoms with E-state index in [1.165, 1.54) is 0 Å². The SMILES string of the molecule is Cc1cnn(Cc2c(N)cccc2Cl)c1. The molecule has 4 heteroatoms. The molecule has 3 nitrogen and oxygen atoms in total. The molecule has 0 saturated carbocycles. The molecule has 0 atom stereocenters. The third-order valence-corrected chi connectivity index (χ3v) is 2.59. The highest BCUT2D eigenvalue weighted by Gasteiger charge is 2.05. The lowest BCUT2D eigenvalue weighted by molar-refractivity contribution is 0.688. The highest BCUT2D eigenvalue weighted by molar-refractivity contribution is 6.31. The number of benzene rings is 1. The van der Waals surface area contributed by atoms with Gasteiger partial charge in [-0.15, -0.1) is 0 Å². The number of hydrogen-bond acceptors (Lipinski definition) is 2. The van der Waals surface area contributed by atoms with Crippen molar-refractivity contribution in [3.8, 4) is 0 Å². The van der Waals surface area contributed by atoms with Crippen LogP contribution in [0.5, 0.6) is 0 Å². The molecule has 0 saturated heterocycles. The van der Waals surface area contributed by atoms with Crippen LogP contribution in [0.15, 0.2) is 30.6 Å². The van der Waals surface area contributed by atoms with Crippen LogP contribution in [0, 0.1) is 6.92 Å². The van der Waals surface area contributed by atoms with Gasteiger partial charge in [0.25, 0.3) is 0 Å². The molecule has 0 unspecified atom stereocenters. The van der Waals surface area contributed by atoms with Gasteiger partial charge in [0.1, 0.15) is 0 Å². The van der Waals surface area contributed by atoms with Crippen LogP contribution in [0.3, 0.4) is 0 Å². The van der Waals surface area contributed by atoms with Gasteiger partial charge < -0.3 is 5.73 Å². The number of aryl methyl sites for hydroxylation is 1. The maximum absolute atomic E-state index is 6.07. The summed E-state index contributed by atoms with van der Waals surface area (Å²) in [5.74, 6) is 0. The van der Waals surface area contributed by atoms with Crippen molar-refractivity contribution in [1.29, 1.82) is 0 Å². The van der Waals surface area contributed by atoms with Gasteiger partial charge in [-0.2, -0.15) is 5.10 Å². The van der Waals surface area contributed by atoms with Gasteiger partial charge in [-0.05, 0) is 24.6 Å². The summed E-state index contributed by atoms with van der Waals surface area (Å²) >= 11 is 6.07. The lowest BCUT2D eigenvalue weighted by Crippen LogP contribution is -2.04. The van der Waals surface area contributed by atoms with Crippen LogP contribution in [0.2, 0.25) is 5.02 Å². The molecule has 15 heavy (non-hydrogen) atoms. The summed E-state index contributed by atoms with van der Waals surface area (Å²) in [7, 11) is 0. The molecule has 1 aromatic heterocycles. The number of aromatic nitrogens is 2. The summed E-state index contributed by atoms with van der Waals surface area (Å²) in [6.45, 7) is 2.61. The zero-order valence-corrected chi connectivity index (χ0v) is 9.20. The molecule has 0 aliphatic carbocycles. The van der Waals surface area contributed by atoms with E-state index >= 15 is 0 Å². The van der Waals surface area contributed by atoms with E-state index in [2.05, 4.69) is 5.10 Å². The van der Waals surface area contributed by atoms with E-state index in [4.69, 9.17) is 17.3 Å². The second kappa shape index (κ2) is 3.95. The minimum absolute atomic E-state index is 0.610. The number of halogens is 1. The third kappa shape index (κ3) is 2.13. The van der Waals surface area contributed by atoms with Crippen LogP contribution in [0.4, 0.5) is 5.69 Å². The van der Waals surface area contributed by atoms with Crippen molar-refractivity contribution >= 4 is 17.3 Å². The monoisotopic (exact) mass is 221 g/mol. The Balaban J connectivity index is 2.31. The highest BCUT2D eigenvalue weighted by Crippen LogP contribution is 2.22. The molecule has 2 aromatic rings. The van der Waals surface area contributed by atoms with Gasteiger partial charge in [0.2, 0.25) is 0 Å². The average Bonchev–Trinajstić information content (AvgIpc) is 2.58. The Bertz CT molecular complexity index is 456. The van der Waals surface area contributed by atoms with Gasteiger partial charge in [0.05, 0.1) is 12.7 Å². The van der Waals surface area contributed by atoms with Crippen LogP contribution in [0.1, 0.15) is 11.1 Å². The first-order valence-corrected chi connectivity index (χ1v) is 5.06.